The molecule has 4 rings (SSSR count). The minimum absolute atomic E-state index is 0.160. The number of likely N-dealkylation sites (N-methyl/N-ethyl adjacent to an activating group) is 1. The van der Waals surface area contributed by atoms with Crippen LogP contribution in [-0.4, -0.2) is 64.2 Å². The van der Waals surface area contributed by atoms with E-state index >= 15 is 0 Å². The van der Waals surface area contributed by atoms with Gasteiger partial charge < -0.3 is 23.8 Å². The maximum Gasteiger partial charge on any atom is 0.345 e. The van der Waals surface area contributed by atoms with Crippen molar-refractivity contribution in [1.29, 1.82) is 0 Å². The van der Waals surface area contributed by atoms with Crippen molar-refractivity contribution in [3.8, 4) is 23.0 Å². The van der Waals surface area contributed by atoms with Gasteiger partial charge in [0.1, 0.15) is 11.6 Å². The predicted molar refractivity (Wildman–Crippen MR) is 118 cm³/mol. The second-order valence-corrected chi connectivity index (χ2v) is 7.50. The topological polar surface area (TPSA) is 89.9 Å². The lowest BCUT2D eigenvalue weighted by Gasteiger charge is -2.39. The summed E-state index contributed by atoms with van der Waals surface area (Å²) in [5.41, 5.74) is 1.42. The van der Waals surface area contributed by atoms with Crippen LogP contribution in [-0.2, 0) is 4.79 Å². The number of rotatable bonds is 6. The molecule has 1 fully saturated rings. The van der Waals surface area contributed by atoms with E-state index in [1.165, 1.54) is 26.2 Å². The van der Waals surface area contributed by atoms with Crippen molar-refractivity contribution in [2.75, 3.05) is 40.4 Å². The molecule has 2 heterocycles. The zero-order valence-corrected chi connectivity index (χ0v) is 18.6. The fraction of sp³-hybridized carbons (Fsp3) is 0.348. The second-order valence-electron chi connectivity index (χ2n) is 7.50. The Bertz CT molecular complexity index is 1060. The lowest BCUT2D eigenvalue weighted by atomic mass is 9.83. The van der Waals surface area contributed by atoms with Gasteiger partial charge in [0, 0.05) is 19.4 Å². The van der Waals surface area contributed by atoms with Crippen LogP contribution < -0.4 is 23.8 Å². The standard InChI is InChI=1S/C23H25N3O6/c1-25-20-16(13-10-17(30-3)21(32-5)18(11-13)31-4)12-19(27)26(22(20)24-23(25)28)14-6-8-15(29-2)9-7-14/h6-11,16,20H,12H2,1-5H3. The molecular formula is C23H25N3O6. The molecule has 2 aliphatic heterocycles. The van der Waals surface area contributed by atoms with E-state index in [4.69, 9.17) is 18.9 Å². The first-order valence-electron chi connectivity index (χ1n) is 10.1. The van der Waals surface area contributed by atoms with Gasteiger partial charge in [0.05, 0.1) is 40.2 Å². The third kappa shape index (κ3) is 3.39. The predicted octanol–water partition coefficient (Wildman–Crippen LogP) is 3.07. The van der Waals surface area contributed by atoms with Gasteiger partial charge in [-0.05, 0) is 42.0 Å². The highest BCUT2D eigenvalue weighted by atomic mass is 16.5. The van der Waals surface area contributed by atoms with Crippen LogP contribution in [0.3, 0.4) is 0 Å². The molecule has 168 valence electrons. The van der Waals surface area contributed by atoms with Crippen molar-refractivity contribution < 1.29 is 28.5 Å². The van der Waals surface area contributed by atoms with Gasteiger partial charge in [-0.3, -0.25) is 9.69 Å². The Labute approximate surface area is 186 Å². The Morgan fingerprint density at radius 3 is 2.06 bits per heavy atom. The van der Waals surface area contributed by atoms with E-state index in [1.54, 1.807) is 43.3 Å². The molecule has 0 spiro atoms. The Kier molecular flexibility index (Phi) is 5.65. The Balaban J connectivity index is 1.78. The first-order valence-corrected chi connectivity index (χ1v) is 10.1. The van der Waals surface area contributed by atoms with E-state index in [2.05, 4.69) is 4.99 Å². The first-order chi connectivity index (χ1) is 15.4. The van der Waals surface area contributed by atoms with Crippen molar-refractivity contribution in [2.45, 2.75) is 18.4 Å². The summed E-state index contributed by atoms with van der Waals surface area (Å²) in [6.45, 7) is 0. The van der Waals surface area contributed by atoms with Gasteiger partial charge in [0.15, 0.2) is 11.5 Å². The summed E-state index contributed by atoms with van der Waals surface area (Å²) in [6.07, 6.45) is 0.173. The van der Waals surface area contributed by atoms with Gasteiger partial charge in [-0.15, -0.1) is 0 Å². The summed E-state index contributed by atoms with van der Waals surface area (Å²) in [4.78, 5) is 33.2. The Morgan fingerprint density at radius 1 is 0.906 bits per heavy atom. The van der Waals surface area contributed by atoms with Gasteiger partial charge in [0.25, 0.3) is 0 Å². The van der Waals surface area contributed by atoms with Gasteiger partial charge in [-0.1, -0.05) is 0 Å². The third-order valence-corrected chi connectivity index (χ3v) is 5.89. The average molecular weight is 439 g/mol. The quantitative estimate of drug-likeness (QED) is 0.687. The molecule has 2 atom stereocenters. The van der Waals surface area contributed by atoms with Crippen LogP contribution in [0.15, 0.2) is 41.4 Å². The number of nitrogens with zero attached hydrogens (tertiary/aromatic N) is 3. The van der Waals surface area contributed by atoms with E-state index in [0.717, 1.165) is 5.56 Å². The van der Waals surface area contributed by atoms with E-state index < -0.39 is 12.1 Å². The van der Waals surface area contributed by atoms with Crippen molar-refractivity contribution in [3.63, 3.8) is 0 Å². The molecule has 0 saturated carbocycles. The number of carbonyl (C=O) groups is 2. The molecule has 2 aromatic rings. The second kappa shape index (κ2) is 8.41. The number of aliphatic imine (C=N–C) groups is 1. The molecular weight excluding hydrogens is 414 g/mol. The van der Waals surface area contributed by atoms with Crippen LogP contribution in [0.4, 0.5) is 10.5 Å². The molecule has 0 bridgehead atoms. The highest BCUT2D eigenvalue weighted by Crippen LogP contribution is 2.44. The summed E-state index contributed by atoms with van der Waals surface area (Å²) in [6, 6.07) is 9.90. The number of benzene rings is 2. The number of urea groups is 1. The molecule has 2 unspecified atom stereocenters. The summed E-state index contributed by atoms with van der Waals surface area (Å²) in [5, 5.41) is 0. The first kappa shape index (κ1) is 21.5. The van der Waals surface area contributed by atoms with E-state index in [9.17, 15) is 9.59 Å². The van der Waals surface area contributed by atoms with Crippen LogP contribution >= 0.6 is 0 Å². The van der Waals surface area contributed by atoms with Gasteiger partial charge in [0.2, 0.25) is 11.7 Å². The van der Waals surface area contributed by atoms with Crippen molar-refractivity contribution >= 4 is 23.5 Å². The summed E-state index contributed by atoms with van der Waals surface area (Å²) in [7, 11) is 7.88. The highest BCUT2D eigenvalue weighted by molar-refractivity contribution is 6.25. The lowest BCUT2D eigenvalue weighted by Crippen LogP contribution is -2.54. The molecule has 3 amide bonds. The van der Waals surface area contributed by atoms with Crippen molar-refractivity contribution in [3.05, 3.63) is 42.0 Å². The molecule has 2 aliphatic rings. The van der Waals surface area contributed by atoms with Gasteiger partial charge in [-0.25, -0.2) is 4.79 Å². The normalized spacial score (nSPS) is 20.1. The maximum absolute atomic E-state index is 13.3. The molecule has 2 aromatic carbocycles. The summed E-state index contributed by atoms with van der Waals surface area (Å²) < 4.78 is 21.6. The van der Waals surface area contributed by atoms with Crippen LogP contribution in [0, 0.1) is 0 Å². The van der Waals surface area contributed by atoms with E-state index in [0.29, 0.717) is 34.5 Å². The number of carbonyl (C=O) groups excluding carboxylic acids is 2. The number of hydrogen-bond donors (Lipinski definition) is 0. The maximum atomic E-state index is 13.3. The van der Waals surface area contributed by atoms with E-state index in [1.807, 2.05) is 12.1 Å². The monoisotopic (exact) mass is 439 g/mol. The number of fused-ring (bicyclic) bond motifs is 1. The van der Waals surface area contributed by atoms with Crippen LogP contribution in [0.1, 0.15) is 17.9 Å². The Hall–Kier alpha value is -3.75. The number of amides is 3. The molecule has 9 heteroatoms. The zero-order valence-electron chi connectivity index (χ0n) is 18.6. The van der Waals surface area contributed by atoms with Crippen LogP contribution in [0.25, 0.3) is 0 Å². The zero-order chi connectivity index (χ0) is 23.0. The smallest absolute Gasteiger partial charge is 0.345 e. The molecule has 9 nitrogen and oxygen atoms in total. The number of anilines is 1. The summed E-state index contributed by atoms with van der Waals surface area (Å²) >= 11 is 0. The number of ether oxygens (including phenoxy) is 4. The van der Waals surface area contributed by atoms with Gasteiger partial charge in [-0.2, -0.15) is 4.99 Å². The van der Waals surface area contributed by atoms with Crippen molar-refractivity contribution in [2.24, 2.45) is 4.99 Å². The lowest BCUT2D eigenvalue weighted by molar-refractivity contribution is -0.118. The molecule has 0 aromatic heterocycles. The third-order valence-electron chi connectivity index (χ3n) is 5.89. The molecule has 0 aliphatic carbocycles. The minimum Gasteiger partial charge on any atom is -0.497 e. The van der Waals surface area contributed by atoms with Gasteiger partial charge >= 0.3 is 6.03 Å². The average Bonchev–Trinajstić information content (AvgIpc) is 3.11. The molecule has 0 radical (unpaired) electrons. The highest BCUT2D eigenvalue weighted by Gasteiger charge is 2.48. The Morgan fingerprint density at radius 2 is 1.53 bits per heavy atom. The number of piperidine rings is 1. The molecule has 0 N–H and O–H groups in total. The van der Waals surface area contributed by atoms with Crippen LogP contribution in [0.5, 0.6) is 23.0 Å². The number of amidine groups is 1. The number of methoxy groups -OCH3 is 4. The number of hydrogen-bond acceptors (Lipinski definition) is 6. The van der Waals surface area contributed by atoms with Crippen LogP contribution in [0.2, 0.25) is 0 Å². The molecule has 1 saturated heterocycles. The van der Waals surface area contributed by atoms with E-state index in [-0.39, 0.29) is 18.2 Å². The molecule has 32 heavy (non-hydrogen) atoms. The minimum atomic E-state index is -0.426. The van der Waals surface area contributed by atoms with Crippen molar-refractivity contribution in [1.82, 2.24) is 4.90 Å². The fourth-order valence-electron chi connectivity index (χ4n) is 4.31. The fourth-order valence-corrected chi connectivity index (χ4v) is 4.31. The summed E-state index contributed by atoms with van der Waals surface area (Å²) in [5.74, 6) is 2.01. The SMILES string of the molecule is COc1ccc(N2C(=O)CC(c3cc(OC)c(OC)c(OC)c3)C3C2=NC(=O)N3C)cc1. The largest absolute Gasteiger partial charge is 0.497 e.